The number of piperidine rings is 1. The Bertz CT molecular complexity index is 881. The van der Waals surface area contributed by atoms with Gasteiger partial charge < -0.3 is 18.8 Å². The number of hydrogen-bond acceptors (Lipinski definition) is 7. The summed E-state index contributed by atoms with van der Waals surface area (Å²) in [5.74, 6) is -0.214. The average Bonchev–Trinajstić information content (AvgIpc) is 2.92. The molecule has 33 heavy (non-hydrogen) atoms. The van der Waals surface area contributed by atoms with Gasteiger partial charge in [-0.25, -0.2) is 4.79 Å². The SMILES string of the molecule is CC(C)(C)OC(=O)N1C2COCC1CC(C(=O)c1ccc(B3OC(C)(C)C(C)(C)O3)cn1)C2. The number of amides is 1. The largest absolute Gasteiger partial charge is 0.496 e. The van der Waals surface area contributed by atoms with Gasteiger partial charge in [-0.1, -0.05) is 6.07 Å². The van der Waals surface area contributed by atoms with Crippen LogP contribution in [0.25, 0.3) is 0 Å². The molecule has 2 bridgehead atoms. The molecule has 0 saturated carbocycles. The van der Waals surface area contributed by atoms with E-state index < -0.39 is 23.9 Å². The number of carbonyl (C=O) groups is 2. The summed E-state index contributed by atoms with van der Waals surface area (Å²) in [5, 5.41) is 0. The summed E-state index contributed by atoms with van der Waals surface area (Å²) < 4.78 is 23.4. The molecule has 0 N–H and O–H groups in total. The van der Waals surface area contributed by atoms with E-state index in [9.17, 15) is 9.59 Å². The fourth-order valence-electron chi connectivity index (χ4n) is 4.62. The monoisotopic (exact) mass is 458 g/mol. The van der Waals surface area contributed by atoms with Crippen molar-refractivity contribution in [2.45, 2.75) is 90.2 Å². The first kappa shape index (κ1) is 24.2. The molecule has 9 heteroatoms. The Labute approximate surface area is 196 Å². The number of aromatic nitrogens is 1. The lowest BCUT2D eigenvalue weighted by Gasteiger charge is -2.47. The number of rotatable bonds is 3. The second-order valence-corrected chi connectivity index (χ2v) is 11.3. The summed E-state index contributed by atoms with van der Waals surface area (Å²) >= 11 is 0. The van der Waals surface area contributed by atoms with Crippen LogP contribution in [0.4, 0.5) is 4.79 Å². The van der Waals surface area contributed by atoms with Gasteiger partial charge in [0.15, 0.2) is 5.78 Å². The molecule has 0 aromatic carbocycles. The van der Waals surface area contributed by atoms with Crippen LogP contribution < -0.4 is 5.46 Å². The number of pyridine rings is 1. The van der Waals surface area contributed by atoms with Crippen LogP contribution in [0.2, 0.25) is 0 Å². The van der Waals surface area contributed by atoms with E-state index in [4.69, 9.17) is 18.8 Å². The van der Waals surface area contributed by atoms with Gasteiger partial charge in [0.25, 0.3) is 0 Å². The third-order valence-corrected chi connectivity index (χ3v) is 7.06. The van der Waals surface area contributed by atoms with Crippen molar-refractivity contribution < 1.29 is 28.4 Å². The smallest absolute Gasteiger partial charge is 0.444 e. The van der Waals surface area contributed by atoms with Crippen molar-refractivity contribution in [2.75, 3.05) is 13.2 Å². The van der Waals surface area contributed by atoms with Crippen LogP contribution in [0.3, 0.4) is 0 Å². The fourth-order valence-corrected chi connectivity index (χ4v) is 4.62. The van der Waals surface area contributed by atoms with E-state index in [0.29, 0.717) is 31.7 Å². The van der Waals surface area contributed by atoms with E-state index in [2.05, 4.69) is 4.98 Å². The molecule has 2 atom stereocenters. The van der Waals surface area contributed by atoms with E-state index >= 15 is 0 Å². The zero-order chi connectivity index (χ0) is 24.2. The minimum absolute atomic E-state index is 0.00351. The Balaban J connectivity index is 1.44. The minimum atomic E-state index is -0.568. The molecule has 3 aliphatic rings. The van der Waals surface area contributed by atoms with Crippen LogP contribution in [0.15, 0.2) is 18.3 Å². The van der Waals surface area contributed by atoms with Crippen molar-refractivity contribution >= 4 is 24.5 Å². The fraction of sp³-hybridized carbons (Fsp3) is 0.708. The zero-order valence-corrected chi connectivity index (χ0v) is 20.7. The van der Waals surface area contributed by atoms with Crippen LogP contribution in [0.1, 0.15) is 71.8 Å². The molecule has 0 radical (unpaired) electrons. The van der Waals surface area contributed by atoms with Crippen LogP contribution >= 0.6 is 0 Å². The molecular weight excluding hydrogens is 423 g/mol. The number of hydrogen-bond donors (Lipinski definition) is 0. The van der Waals surface area contributed by atoms with Crippen LogP contribution in [0.5, 0.6) is 0 Å². The number of ether oxygens (including phenoxy) is 2. The van der Waals surface area contributed by atoms with Gasteiger partial charge in [0.2, 0.25) is 0 Å². The highest BCUT2D eigenvalue weighted by Gasteiger charge is 2.52. The zero-order valence-electron chi connectivity index (χ0n) is 20.7. The van der Waals surface area contributed by atoms with Gasteiger partial charge >= 0.3 is 13.2 Å². The highest BCUT2D eigenvalue weighted by Crippen LogP contribution is 2.37. The summed E-state index contributed by atoms with van der Waals surface area (Å²) in [6.45, 7) is 14.4. The first-order chi connectivity index (χ1) is 15.3. The maximum absolute atomic E-state index is 13.3. The Morgan fingerprint density at radius 2 is 1.64 bits per heavy atom. The lowest BCUT2D eigenvalue weighted by Crippen LogP contribution is -2.60. The van der Waals surface area contributed by atoms with Gasteiger partial charge in [0, 0.05) is 17.6 Å². The molecule has 0 aliphatic carbocycles. The number of Topliss-reactive ketones (excluding diaryl/α,β-unsaturated/α-hetero) is 1. The van der Waals surface area contributed by atoms with Gasteiger partial charge in [-0.05, 0) is 67.4 Å². The van der Waals surface area contributed by atoms with Gasteiger partial charge in [0.1, 0.15) is 11.3 Å². The molecule has 3 fully saturated rings. The van der Waals surface area contributed by atoms with E-state index in [1.165, 1.54) is 0 Å². The van der Waals surface area contributed by atoms with E-state index in [-0.39, 0.29) is 29.9 Å². The molecule has 1 aromatic heterocycles. The van der Waals surface area contributed by atoms with Gasteiger partial charge in [-0.15, -0.1) is 0 Å². The first-order valence-electron chi connectivity index (χ1n) is 11.7. The number of ketones is 1. The second kappa shape index (κ2) is 8.36. The molecule has 2 unspecified atom stereocenters. The second-order valence-electron chi connectivity index (χ2n) is 11.3. The quantitative estimate of drug-likeness (QED) is 0.509. The van der Waals surface area contributed by atoms with Crippen LogP contribution in [-0.2, 0) is 18.8 Å². The Hall–Kier alpha value is -1.97. The number of fused-ring (bicyclic) bond motifs is 2. The van der Waals surface area contributed by atoms with Crippen molar-refractivity contribution in [3.05, 3.63) is 24.0 Å². The molecule has 1 amide bonds. The number of morpholine rings is 1. The predicted molar refractivity (Wildman–Crippen MR) is 123 cm³/mol. The highest BCUT2D eigenvalue weighted by atomic mass is 16.7. The maximum Gasteiger partial charge on any atom is 0.496 e. The molecule has 1 aromatic rings. The maximum atomic E-state index is 13.3. The van der Waals surface area contributed by atoms with Gasteiger partial charge in [-0.3, -0.25) is 14.7 Å². The van der Waals surface area contributed by atoms with E-state index in [1.54, 1.807) is 17.2 Å². The molecule has 3 aliphatic heterocycles. The molecule has 0 spiro atoms. The Morgan fingerprint density at radius 1 is 1.06 bits per heavy atom. The Morgan fingerprint density at radius 3 is 2.12 bits per heavy atom. The standard InChI is InChI=1S/C24H35BN2O6/c1-22(2,3)31-21(29)27-17-10-15(11-18(27)14-30-13-17)20(28)19-9-8-16(12-26-19)25-32-23(4,5)24(6,7)33-25/h8-9,12,15,17-18H,10-11,13-14H2,1-7H3. The van der Waals surface area contributed by atoms with Crippen molar-refractivity contribution in [1.29, 1.82) is 0 Å². The third-order valence-electron chi connectivity index (χ3n) is 7.06. The van der Waals surface area contributed by atoms with E-state index in [0.717, 1.165) is 5.46 Å². The van der Waals surface area contributed by atoms with Crippen molar-refractivity contribution in [2.24, 2.45) is 5.92 Å². The summed E-state index contributed by atoms with van der Waals surface area (Å²) in [6, 6.07) is 3.24. The first-order valence-corrected chi connectivity index (χ1v) is 11.7. The summed E-state index contributed by atoms with van der Waals surface area (Å²) in [5.41, 5.74) is -0.232. The number of nitrogens with zero attached hydrogens (tertiary/aromatic N) is 2. The van der Waals surface area contributed by atoms with E-state index in [1.807, 2.05) is 54.5 Å². The predicted octanol–water partition coefficient (Wildman–Crippen LogP) is 2.98. The molecular formula is C24H35BN2O6. The van der Waals surface area contributed by atoms with Crippen LogP contribution in [-0.4, -0.2) is 71.0 Å². The lowest BCUT2D eigenvalue weighted by atomic mass is 9.79. The third kappa shape index (κ3) is 4.81. The van der Waals surface area contributed by atoms with Crippen molar-refractivity contribution in [3.8, 4) is 0 Å². The van der Waals surface area contributed by atoms with Crippen molar-refractivity contribution in [1.82, 2.24) is 9.88 Å². The lowest BCUT2D eigenvalue weighted by molar-refractivity contribution is -0.0861. The van der Waals surface area contributed by atoms with Crippen molar-refractivity contribution in [3.63, 3.8) is 0 Å². The average molecular weight is 458 g/mol. The normalized spacial score (nSPS) is 28.5. The summed E-state index contributed by atoms with van der Waals surface area (Å²) in [7, 11) is -0.514. The highest BCUT2D eigenvalue weighted by molar-refractivity contribution is 6.62. The number of carbonyl (C=O) groups excluding carboxylic acids is 2. The molecule has 8 nitrogen and oxygen atoms in total. The van der Waals surface area contributed by atoms with Crippen LogP contribution in [0, 0.1) is 5.92 Å². The molecule has 4 heterocycles. The topological polar surface area (TPSA) is 87.2 Å². The summed E-state index contributed by atoms with van der Waals surface area (Å²) in [4.78, 5) is 32.2. The summed E-state index contributed by atoms with van der Waals surface area (Å²) in [6.07, 6.45) is 2.40. The molecule has 3 saturated heterocycles. The van der Waals surface area contributed by atoms with Gasteiger partial charge in [0.05, 0.1) is 36.5 Å². The molecule has 180 valence electrons. The van der Waals surface area contributed by atoms with Gasteiger partial charge in [-0.2, -0.15) is 0 Å². The minimum Gasteiger partial charge on any atom is -0.444 e. The Kier molecular flexibility index (Phi) is 6.12. The molecule has 4 rings (SSSR count).